The van der Waals surface area contributed by atoms with Crippen molar-refractivity contribution in [2.24, 2.45) is 5.10 Å². The van der Waals surface area contributed by atoms with E-state index in [-0.39, 0.29) is 32.3 Å². The van der Waals surface area contributed by atoms with Gasteiger partial charge in [0.15, 0.2) is 10.8 Å². The molecule has 0 atom stereocenters. The summed E-state index contributed by atoms with van der Waals surface area (Å²) < 4.78 is 0. The monoisotopic (exact) mass is 372 g/mol. The Kier molecular flexibility index (Phi) is 5.30. The highest BCUT2D eigenvalue weighted by Crippen LogP contribution is 2.34. The van der Waals surface area contributed by atoms with Crippen LogP contribution in [0.15, 0.2) is 29.4 Å². The summed E-state index contributed by atoms with van der Waals surface area (Å²) in [6, 6.07) is 6.33. The smallest absolute Gasteiger partial charge is 0.291 e. The first kappa shape index (κ1) is 17.3. The number of phenols is 1. The van der Waals surface area contributed by atoms with Crippen molar-refractivity contribution >= 4 is 52.1 Å². The molecule has 0 aliphatic heterocycles. The Bertz CT molecular complexity index is 792. The van der Waals surface area contributed by atoms with Crippen LogP contribution in [0.5, 0.6) is 5.75 Å². The zero-order valence-electron chi connectivity index (χ0n) is 11.8. The van der Waals surface area contributed by atoms with E-state index in [9.17, 15) is 9.90 Å². The molecule has 2 aromatic rings. The van der Waals surface area contributed by atoms with Gasteiger partial charge >= 0.3 is 0 Å². The average Bonchev–Trinajstić information content (AvgIpc) is 2.54. The molecule has 1 heterocycles. The number of nitrogen functional groups attached to an aromatic ring is 1. The number of rotatable bonds is 3. The predicted octanol–water partition coefficient (Wildman–Crippen LogP) is 3.48. The van der Waals surface area contributed by atoms with Crippen LogP contribution in [-0.2, 0) is 0 Å². The van der Waals surface area contributed by atoms with E-state index in [1.165, 1.54) is 12.1 Å². The lowest BCUT2D eigenvalue weighted by Gasteiger charge is -2.08. The number of hydrogen-bond donors (Lipinski definition) is 3. The highest BCUT2D eigenvalue weighted by Gasteiger charge is 2.19. The van der Waals surface area contributed by atoms with Crippen molar-refractivity contribution in [1.82, 2.24) is 10.4 Å². The van der Waals surface area contributed by atoms with Crippen molar-refractivity contribution in [3.63, 3.8) is 0 Å². The topological polar surface area (TPSA) is 101 Å². The number of hydrogen-bond acceptors (Lipinski definition) is 5. The Labute approximate surface area is 146 Å². The first-order valence-electron chi connectivity index (χ1n) is 6.25. The van der Waals surface area contributed by atoms with E-state index in [0.717, 1.165) is 5.56 Å². The Hall–Kier alpha value is -2.02. The van der Waals surface area contributed by atoms with Crippen LogP contribution in [0.25, 0.3) is 0 Å². The summed E-state index contributed by atoms with van der Waals surface area (Å²) in [5.41, 5.74) is 8.99. The molecule has 23 heavy (non-hydrogen) atoms. The van der Waals surface area contributed by atoms with Crippen LogP contribution in [0.3, 0.4) is 0 Å². The Morgan fingerprint density at radius 1 is 1.22 bits per heavy atom. The van der Waals surface area contributed by atoms with Crippen LogP contribution >= 0.6 is 34.8 Å². The van der Waals surface area contributed by atoms with Crippen molar-refractivity contribution in [2.45, 2.75) is 6.92 Å². The molecule has 1 aromatic heterocycles. The summed E-state index contributed by atoms with van der Waals surface area (Å²) in [5, 5.41) is 12.9. The fourth-order valence-electron chi connectivity index (χ4n) is 1.64. The van der Waals surface area contributed by atoms with Crippen LogP contribution in [-0.4, -0.2) is 21.7 Å². The SMILES string of the molecule is C/C(=N\NC(=O)c1nc(Cl)c(Cl)c(N)c1Cl)c1ccc(O)cc1. The average molecular weight is 374 g/mol. The zero-order chi connectivity index (χ0) is 17.1. The lowest BCUT2D eigenvalue weighted by atomic mass is 10.1. The van der Waals surface area contributed by atoms with E-state index < -0.39 is 5.91 Å². The first-order valence-corrected chi connectivity index (χ1v) is 7.38. The van der Waals surface area contributed by atoms with Crippen LogP contribution in [0.2, 0.25) is 15.2 Å². The Balaban J connectivity index is 2.23. The first-order chi connectivity index (χ1) is 10.8. The third-order valence-corrected chi connectivity index (χ3v) is 4.03. The fraction of sp³-hybridized carbons (Fsp3) is 0.0714. The molecule has 4 N–H and O–H groups in total. The molecule has 0 saturated heterocycles. The highest BCUT2D eigenvalue weighted by molar-refractivity contribution is 6.46. The molecule has 0 bridgehead atoms. The standard InChI is InChI=1S/C14H11Cl3N4O2/c1-6(7-2-4-8(22)5-3-7)20-21-14(23)12-9(15)11(18)10(16)13(17)19-12/h2-5,22H,1H3,(H2,18,19)(H,21,23)/b20-6+. The van der Waals surface area contributed by atoms with Crippen molar-refractivity contribution < 1.29 is 9.90 Å². The van der Waals surface area contributed by atoms with Crippen molar-refractivity contribution in [3.05, 3.63) is 50.7 Å². The molecule has 1 aromatic carbocycles. The van der Waals surface area contributed by atoms with Crippen molar-refractivity contribution in [1.29, 1.82) is 0 Å². The zero-order valence-corrected chi connectivity index (χ0v) is 14.0. The Morgan fingerprint density at radius 3 is 2.43 bits per heavy atom. The number of anilines is 1. The molecule has 0 fully saturated rings. The van der Waals surface area contributed by atoms with Gasteiger partial charge in [0.25, 0.3) is 5.91 Å². The molecule has 2 rings (SSSR count). The minimum absolute atomic E-state index is 0.0167. The summed E-state index contributed by atoms with van der Waals surface area (Å²) in [6.07, 6.45) is 0. The number of aromatic hydroxyl groups is 1. The van der Waals surface area contributed by atoms with Crippen molar-refractivity contribution in [2.75, 3.05) is 5.73 Å². The molecule has 1 amide bonds. The quantitative estimate of drug-likeness (QED) is 0.435. The van der Waals surface area contributed by atoms with Gasteiger partial charge in [-0.3, -0.25) is 4.79 Å². The number of pyridine rings is 1. The van der Waals surface area contributed by atoms with Gasteiger partial charge in [-0.05, 0) is 36.8 Å². The third-order valence-electron chi connectivity index (χ3n) is 2.90. The number of phenolic OH excluding ortho intramolecular Hbond substituents is 1. The second-order valence-corrected chi connectivity index (χ2v) is 5.59. The largest absolute Gasteiger partial charge is 0.508 e. The van der Waals surface area contributed by atoms with Gasteiger partial charge in [0.05, 0.1) is 16.4 Å². The lowest BCUT2D eigenvalue weighted by Crippen LogP contribution is -2.21. The maximum atomic E-state index is 12.1. The van der Waals surface area contributed by atoms with Gasteiger partial charge < -0.3 is 10.8 Å². The van der Waals surface area contributed by atoms with E-state index in [1.54, 1.807) is 19.1 Å². The van der Waals surface area contributed by atoms with E-state index in [2.05, 4.69) is 15.5 Å². The molecule has 0 aliphatic carbocycles. The predicted molar refractivity (Wildman–Crippen MR) is 91.5 cm³/mol. The summed E-state index contributed by atoms with van der Waals surface area (Å²) in [7, 11) is 0. The number of hydrazone groups is 1. The molecule has 6 nitrogen and oxygen atoms in total. The van der Waals surface area contributed by atoms with Crippen LogP contribution < -0.4 is 11.2 Å². The van der Waals surface area contributed by atoms with Gasteiger partial charge in [-0.25, -0.2) is 10.4 Å². The Morgan fingerprint density at radius 2 is 1.83 bits per heavy atom. The number of benzene rings is 1. The summed E-state index contributed by atoms with van der Waals surface area (Å²) in [5.74, 6) is -0.550. The lowest BCUT2D eigenvalue weighted by molar-refractivity contribution is 0.0950. The maximum absolute atomic E-state index is 12.1. The normalized spacial score (nSPS) is 11.4. The number of carbonyl (C=O) groups excluding carboxylic acids is 1. The molecule has 120 valence electrons. The van der Waals surface area contributed by atoms with Gasteiger partial charge in [0.2, 0.25) is 0 Å². The van der Waals surface area contributed by atoms with Crippen LogP contribution in [0.4, 0.5) is 5.69 Å². The van der Waals surface area contributed by atoms with Gasteiger partial charge in [-0.2, -0.15) is 5.10 Å². The number of carbonyl (C=O) groups is 1. The number of halogens is 3. The second-order valence-electron chi connectivity index (χ2n) is 4.48. The molecule has 0 aliphatic rings. The van der Waals surface area contributed by atoms with Crippen molar-refractivity contribution in [3.8, 4) is 5.75 Å². The van der Waals surface area contributed by atoms with E-state index in [4.69, 9.17) is 40.5 Å². The maximum Gasteiger partial charge on any atom is 0.291 e. The molecule has 0 saturated carbocycles. The number of amides is 1. The van der Waals surface area contributed by atoms with Crippen LogP contribution in [0, 0.1) is 0 Å². The number of aromatic nitrogens is 1. The van der Waals surface area contributed by atoms with E-state index in [1.807, 2.05) is 0 Å². The molecule has 0 unspecified atom stereocenters. The second kappa shape index (κ2) is 7.04. The van der Waals surface area contributed by atoms with Gasteiger partial charge in [-0.1, -0.05) is 34.8 Å². The van der Waals surface area contributed by atoms with Gasteiger partial charge in [0.1, 0.15) is 10.8 Å². The van der Waals surface area contributed by atoms with E-state index >= 15 is 0 Å². The number of nitrogens with two attached hydrogens (primary N) is 1. The molecule has 0 radical (unpaired) electrons. The number of nitrogens with one attached hydrogen (secondary N) is 1. The molecular weight excluding hydrogens is 363 g/mol. The third kappa shape index (κ3) is 3.85. The number of nitrogens with zero attached hydrogens (tertiary/aromatic N) is 2. The summed E-state index contributed by atoms with van der Waals surface area (Å²) in [4.78, 5) is 15.9. The van der Waals surface area contributed by atoms with Gasteiger partial charge in [0, 0.05) is 0 Å². The fourth-order valence-corrected chi connectivity index (χ4v) is 2.23. The van der Waals surface area contributed by atoms with E-state index in [0.29, 0.717) is 5.71 Å². The van der Waals surface area contributed by atoms with Gasteiger partial charge in [-0.15, -0.1) is 0 Å². The highest BCUT2D eigenvalue weighted by atomic mass is 35.5. The molecular formula is C14H11Cl3N4O2. The summed E-state index contributed by atoms with van der Waals surface area (Å²) >= 11 is 17.5. The minimum atomic E-state index is -0.682. The molecule has 0 spiro atoms. The van der Waals surface area contributed by atoms with Crippen LogP contribution in [0.1, 0.15) is 23.0 Å². The molecule has 9 heteroatoms. The summed E-state index contributed by atoms with van der Waals surface area (Å²) in [6.45, 7) is 1.69. The minimum Gasteiger partial charge on any atom is -0.508 e.